The van der Waals surface area contributed by atoms with Gasteiger partial charge in [0.15, 0.2) is 0 Å². The maximum atomic E-state index is 10.8. The second-order valence-corrected chi connectivity index (χ2v) is 5.90. The second kappa shape index (κ2) is 5.36. The zero-order chi connectivity index (χ0) is 12.3. The van der Waals surface area contributed by atoms with E-state index in [9.17, 15) is 9.90 Å². The highest BCUT2D eigenvalue weighted by molar-refractivity contribution is 5.73. The van der Waals surface area contributed by atoms with E-state index in [1.54, 1.807) is 0 Å². The Morgan fingerprint density at radius 2 is 2.24 bits per heavy atom. The van der Waals surface area contributed by atoms with Crippen molar-refractivity contribution in [3.63, 3.8) is 0 Å². The van der Waals surface area contributed by atoms with Gasteiger partial charge >= 0.3 is 0 Å². The second-order valence-electron chi connectivity index (χ2n) is 5.90. The summed E-state index contributed by atoms with van der Waals surface area (Å²) in [5.74, 6) is 0.616. The molecule has 17 heavy (non-hydrogen) atoms. The number of hydrogen-bond donors (Lipinski definition) is 2. The zero-order valence-corrected chi connectivity index (χ0v) is 10.5. The molecular formula is C13H24N2O2. The van der Waals surface area contributed by atoms with Gasteiger partial charge in [-0.3, -0.25) is 4.79 Å². The Morgan fingerprint density at radius 1 is 1.47 bits per heavy atom. The van der Waals surface area contributed by atoms with Crippen LogP contribution in [0.25, 0.3) is 0 Å². The number of carbonyl (C=O) groups excluding carboxylic acids is 1. The molecule has 2 rings (SSSR count). The van der Waals surface area contributed by atoms with Crippen molar-refractivity contribution in [2.24, 2.45) is 17.1 Å². The van der Waals surface area contributed by atoms with Crippen LogP contribution in [-0.4, -0.2) is 42.2 Å². The average molecular weight is 240 g/mol. The SMILES string of the molecule is NC(=O)CCN1CCCC(CO)(CC2CC2)C1. The minimum absolute atomic E-state index is 0.0943. The maximum Gasteiger partial charge on any atom is 0.218 e. The van der Waals surface area contributed by atoms with E-state index in [1.165, 1.54) is 12.8 Å². The number of nitrogens with zero attached hydrogens (tertiary/aromatic N) is 1. The van der Waals surface area contributed by atoms with E-state index in [0.717, 1.165) is 44.8 Å². The summed E-state index contributed by atoms with van der Waals surface area (Å²) in [6, 6.07) is 0. The molecule has 0 aromatic rings. The van der Waals surface area contributed by atoms with Crippen LogP contribution in [0.2, 0.25) is 0 Å². The Hall–Kier alpha value is -0.610. The fraction of sp³-hybridized carbons (Fsp3) is 0.923. The third kappa shape index (κ3) is 3.68. The summed E-state index contributed by atoms with van der Waals surface area (Å²) in [6.45, 7) is 3.02. The number of nitrogens with two attached hydrogens (primary N) is 1. The summed E-state index contributed by atoms with van der Waals surface area (Å²) < 4.78 is 0. The smallest absolute Gasteiger partial charge is 0.218 e. The van der Waals surface area contributed by atoms with Gasteiger partial charge in [0, 0.05) is 31.5 Å². The molecule has 4 heteroatoms. The van der Waals surface area contributed by atoms with E-state index >= 15 is 0 Å². The van der Waals surface area contributed by atoms with Gasteiger partial charge < -0.3 is 15.7 Å². The minimum Gasteiger partial charge on any atom is -0.396 e. The molecule has 0 spiro atoms. The van der Waals surface area contributed by atoms with Gasteiger partial charge in [-0.25, -0.2) is 0 Å². The third-order valence-electron chi connectivity index (χ3n) is 4.17. The first-order valence-corrected chi connectivity index (χ1v) is 6.75. The first kappa shape index (κ1) is 12.8. The molecule has 2 aliphatic rings. The number of piperidine rings is 1. The standard InChI is InChI=1S/C13H24N2O2/c14-12(17)4-7-15-6-1-5-13(9-15,10-16)8-11-2-3-11/h11,16H,1-10H2,(H2,14,17). The van der Waals surface area contributed by atoms with Gasteiger partial charge in [0.05, 0.1) is 0 Å². The van der Waals surface area contributed by atoms with Crippen LogP contribution in [-0.2, 0) is 4.79 Å². The van der Waals surface area contributed by atoms with Crippen molar-refractivity contribution in [2.75, 3.05) is 26.2 Å². The van der Waals surface area contributed by atoms with Crippen molar-refractivity contribution >= 4 is 5.91 Å². The van der Waals surface area contributed by atoms with Crippen LogP contribution < -0.4 is 5.73 Å². The predicted molar refractivity (Wildman–Crippen MR) is 66.3 cm³/mol. The summed E-state index contributed by atoms with van der Waals surface area (Å²) in [5, 5.41) is 9.70. The van der Waals surface area contributed by atoms with Gasteiger partial charge in [0.2, 0.25) is 5.91 Å². The Balaban J connectivity index is 1.86. The highest BCUT2D eigenvalue weighted by Crippen LogP contribution is 2.44. The number of primary amides is 1. The van der Waals surface area contributed by atoms with Gasteiger partial charge in [-0.15, -0.1) is 0 Å². The van der Waals surface area contributed by atoms with E-state index < -0.39 is 0 Å². The Bertz CT molecular complexity index is 279. The molecule has 4 nitrogen and oxygen atoms in total. The number of rotatable bonds is 6. The van der Waals surface area contributed by atoms with Crippen molar-refractivity contribution in [3.05, 3.63) is 0 Å². The summed E-state index contributed by atoms with van der Waals surface area (Å²) in [7, 11) is 0. The van der Waals surface area contributed by atoms with Gasteiger partial charge in [0.1, 0.15) is 0 Å². The van der Waals surface area contributed by atoms with E-state index in [0.29, 0.717) is 6.42 Å². The molecule has 1 amide bonds. The summed E-state index contributed by atoms with van der Waals surface area (Å²) >= 11 is 0. The maximum absolute atomic E-state index is 10.8. The van der Waals surface area contributed by atoms with Crippen molar-refractivity contribution in [3.8, 4) is 0 Å². The zero-order valence-electron chi connectivity index (χ0n) is 10.5. The number of hydrogen-bond acceptors (Lipinski definition) is 3. The number of likely N-dealkylation sites (tertiary alicyclic amines) is 1. The lowest BCUT2D eigenvalue weighted by Gasteiger charge is -2.42. The molecule has 1 aliphatic heterocycles. The fourth-order valence-electron chi connectivity index (χ4n) is 3.06. The molecule has 1 atom stereocenters. The molecule has 1 unspecified atom stereocenters. The van der Waals surface area contributed by atoms with E-state index in [1.807, 2.05) is 0 Å². The molecule has 98 valence electrons. The Kier molecular flexibility index (Phi) is 4.05. The largest absolute Gasteiger partial charge is 0.396 e. The van der Waals surface area contributed by atoms with Crippen LogP contribution >= 0.6 is 0 Å². The number of carbonyl (C=O) groups is 1. The molecule has 2 fully saturated rings. The lowest BCUT2D eigenvalue weighted by Crippen LogP contribution is -2.46. The molecular weight excluding hydrogens is 216 g/mol. The van der Waals surface area contributed by atoms with Gasteiger partial charge in [-0.2, -0.15) is 0 Å². The van der Waals surface area contributed by atoms with Crippen molar-refractivity contribution in [1.82, 2.24) is 4.90 Å². The van der Waals surface area contributed by atoms with Crippen LogP contribution in [0.4, 0.5) is 0 Å². The number of aliphatic hydroxyl groups excluding tert-OH is 1. The first-order chi connectivity index (χ1) is 8.13. The van der Waals surface area contributed by atoms with Crippen molar-refractivity contribution in [2.45, 2.75) is 38.5 Å². The average Bonchev–Trinajstić information content (AvgIpc) is 3.11. The van der Waals surface area contributed by atoms with Gasteiger partial charge in [-0.05, 0) is 31.7 Å². The predicted octanol–water partition coefficient (Wildman–Crippen LogP) is 0.736. The topological polar surface area (TPSA) is 66.6 Å². The fourth-order valence-corrected chi connectivity index (χ4v) is 3.06. The molecule has 1 heterocycles. The lowest BCUT2D eigenvalue weighted by molar-refractivity contribution is -0.118. The highest BCUT2D eigenvalue weighted by Gasteiger charge is 2.39. The molecule has 1 aliphatic carbocycles. The summed E-state index contributed by atoms with van der Waals surface area (Å²) in [4.78, 5) is 13.1. The van der Waals surface area contributed by atoms with Crippen LogP contribution in [0, 0.1) is 11.3 Å². The lowest BCUT2D eigenvalue weighted by atomic mass is 9.76. The molecule has 0 bridgehead atoms. The molecule has 0 aromatic heterocycles. The number of amides is 1. The van der Waals surface area contributed by atoms with Gasteiger partial charge in [0.25, 0.3) is 0 Å². The molecule has 0 radical (unpaired) electrons. The highest BCUT2D eigenvalue weighted by atomic mass is 16.3. The van der Waals surface area contributed by atoms with Crippen LogP contribution in [0.15, 0.2) is 0 Å². The van der Waals surface area contributed by atoms with Crippen LogP contribution in [0.1, 0.15) is 38.5 Å². The Labute approximate surface area is 103 Å². The Morgan fingerprint density at radius 3 is 2.82 bits per heavy atom. The molecule has 3 N–H and O–H groups in total. The summed E-state index contributed by atoms with van der Waals surface area (Å²) in [6.07, 6.45) is 6.53. The van der Waals surface area contributed by atoms with Gasteiger partial charge in [-0.1, -0.05) is 12.8 Å². The third-order valence-corrected chi connectivity index (χ3v) is 4.17. The van der Waals surface area contributed by atoms with Crippen LogP contribution in [0.5, 0.6) is 0 Å². The first-order valence-electron chi connectivity index (χ1n) is 6.75. The van der Waals surface area contributed by atoms with Crippen molar-refractivity contribution < 1.29 is 9.90 Å². The number of aliphatic hydroxyl groups is 1. The molecule has 1 saturated carbocycles. The summed E-state index contributed by atoms with van der Waals surface area (Å²) in [5.41, 5.74) is 5.28. The molecule has 1 saturated heterocycles. The van der Waals surface area contributed by atoms with Crippen molar-refractivity contribution in [1.29, 1.82) is 0 Å². The van der Waals surface area contributed by atoms with E-state index in [2.05, 4.69) is 4.90 Å². The van der Waals surface area contributed by atoms with E-state index in [-0.39, 0.29) is 17.9 Å². The monoisotopic (exact) mass is 240 g/mol. The minimum atomic E-state index is -0.229. The normalized spacial score (nSPS) is 30.4. The quantitative estimate of drug-likeness (QED) is 0.719. The van der Waals surface area contributed by atoms with Crippen LogP contribution in [0.3, 0.4) is 0 Å². The van der Waals surface area contributed by atoms with E-state index in [4.69, 9.17) is 5.73 Å². The molecule has 0 aromatic carbocycles.